The summed E-state index contributed by atoms with van der Waals surface area (Å²) < 4.78 is 6.34. The number of likely N-dealkylation sites (tertiary alicyclic amines) is 1. The minimum Gasteiger partial charge on any atom is -0.496 e. The highest BCUT2D eigenvalue weighted by Crippen LogP contribution is 2.25. The van der Waals surface area contributed by atoms with Crippen LogP contribution in [0.3, 0.4) is 0 Å². The van der Waals surface area contributed by atoms with E-state index in [1.54, 1.807) is 7.11 Å². The van der Waals surface area contributed by atoms with Crippen LogP contribution in [0, 0.1) is 3.57 Å². The lowest BCUT2D eigenvalue weighted by molar-refractivity contribution is 0.0396. The topological polar surface area (TPSA) is 32.8 Å². The lowest BCUT2D eigenvalue weighted by atomic mass is 10.1. The number of hydrogen-bond donors (Lipinski definition) is 0. The van der Waals surface area contributed by atoms with Gasteiger partial charge < -0.3 is 14.5 Å². The first kappa shape index (κ1) is 13.6. The summed E-state index contributed by atoms with van der Waals surface area (Å²) in [7, 11) is 5.68. The van der Waals surface area contributed by atoms with Crippen molar-refractivity contribution in [3.63, 3.8) is 0 Å². The molecule has 98 valence electrons. The van der Waals surface area contributed by atoms with Crippen LogP contribution in [0.5, 0.6) is 5.75 Å². The maximum atomic E-state index is 12.3. The Bertz CT molecular complexity index is 456. The van der Waals surface area contributed by atoms with Gasteiger partial charge in [-0.15, -0.1) is 0 Å². The van der Waals surface area contributed by atoms with Gasteiger partial charge in [-0.3, -0.25) is 4.79 Å². The van der Waals surface area contributed by atoms with E-state index in [2.05, 4.69) is 27.5 Å². The number of hydrogen-bond acceptors (Lipinski definition) is 3. The van der Waals surface area contributed by atoms with Gasteiger partial charge in [0.2, 0.25) is 0 Å². The van der Waals surface area contributed by atoms with Crippen molar-refractivity contribution in [3.05, 3.63) is 27.3 Å². The molecule has 0 bridgehead atoms. The van der Waals surface area contributed by atoms with Crippen LogP contribution in [-0.4, -0.2) is 56.0 Å². The molecular weight excluding hydrogens is 343 g/mol. The summed E-state index contributed by atoms with van der Waals surface area (Å²) in [5.74, 6) is 0.710. The van der Waals surface area contributed by atoms with Crippen molar-refractivity contribution in [1.82, 2.24) is 9.80 Å². The second-order valence-corrected chi connectivity index (χ2v) is 5.92. The number of amides is 1. The van der Waals surface area contributed by atoms with Crippen LogP contribution in [0.2, 0.25) is 0 Å². The van der Waals surface area contributed by atoms with Crippen molar-refractivity contribution in [2.24, 2.45) is 0 Å². The van der Waals surface area contributed by atoms with E-state index in [-0.39, 0.29) is 5.91 Å². The van der Waals surface area contributed by atoms with Crippen LogP contribution >= 0.6 is 22.6 Å². The molecule has 18 heavy (non-hydrogen) atoms. The highest BCUT2D eigenvalue weighted by atomic mass is 127. The number of halogens is 1. The van der Waals surface area contributed by atoms with E-state index in [4.69, 9.17) is 4.74 Å². The van der Waals surface area contributed by atoms with Gasteiger partial charge in [-0.2, -0.15) is 0 Å². The molecule has 0 radical (unpaired) electrons. The highest BCUT2D eigenvalue weighted by molar-refractivity contribution is 14.1. The van der Waals surface area contributed by atoms with Crippen molar-refractivity contribution in [1.29, 1.82) is 0 Å². The molecule has 1 heterocycles. The lowest BCUT2D eigenvalue weighted by Gasteiger charge is -2.42. The monoisotopic (exact) mass is 360 g/mol. The molecule has 1 aliphatic heterocycles. The van der Waals surface area contributed by atoms with E-state index in [1.807, 2.05) is 37.2 Å². The molecule has 5 heteroatoms. The number of methoxy groups -OCH3 is 1. The molecule has 0 saturated carbocycles. The largest absolute Gasteiger partial charge is 0.496 e. The Hall–Kier alpha value is -0.820. The molecule has 4 nitrogen and oxygen atoms in total. The zero-order valence-corrected chi connectivity index (χ0v) is 13.0. The van der Waals surface area contributed by atoms with Gasteiger partial charge in [-0.1, -0.05) is 0 Å². The summed E-state index contributed by atoms with van der Waals surface area (Å²) in [6.45, 7) is 1.59. The molecule has 0 unspecified atom stereocenters. The average molecular weight is 360 g/mol. The van der Waals surface area contributed by atoms with Gasteiger partial charge in [0.25, 0.3) is 5.91 Å². The Labute approximate surface area is 121 Å². The van der Waals surface area contributed by atoms with Crippen molar-refractivity contribution in [2.45, 2.75) is 6.04 Å². The minimum absolute atomic E-state index is 0.0568. The van der Waals surface area contributed by atoms with E-state index in [1.165, 1.54) is 0 Å². The van der Waals surface area contributed by atoms with Gasteiger partial charge in [0, 0.05) is 22.7 Å². The molecule has 1 saturated heterocycles. The van der Waals surface area contributed by atoms with Gasteiger partial charge in [0.15, 0.2) is 0 Å². The van der Waals surface area contributed by atoms with E-state index in [0.717, 1.165) is 16.7 Å². The second-order valence-electron chi connectivity index (χ2n) is 4.67. The number of benzene rings is 1. The fourth-order valence-corrected chi connectivity index (χ4v) is 2.42. The van der Waals surface area contributed by atoms with Crippen LogP contribution in [0.15, 0.2) is 18.2 Å². The lowest BCUT2D eigenvalue weighted by Crippen LogP contribution is -2.59. The molecule has 0 atom stereocenters. The molecule has 0 aliphatic carbocycles. The Balaban J connectivity index is 2.11. The van der Waals surface area contributed by atoms with Crippen molar-refractivity contribution >= 4 is 28.5 Å². The van der Waals surface area contributed by atoms with Crippen molar-refractivity contribution in [2.75, 3.05) is 34.3 Å². The standard InChI is InChI=1S/C13H17IN2O2/c1-15(2)10-7-16(8-10)13(17)11-5-4-9(14)6-12(11)18-3/h4-6,10H,7-8H2,1-3H3. The SMILES string of the molecule is COc1cc(I)ccc1C(=O)N1CC(N(C)C)C1. The van der Waals surface area contributed by atoms with Crippen LogP contribution in [-0.2, 0) is 0 Å². The fraction of sp³-hybridized carbons (Fsp3) is 0.462. The van der Waals surface area contributed by atoms with E-state index < -0.39 is 0 Å². The molecular formula is C13H17IN2O2. The molecule has 1 aromatic carbocycles. The third-order valence-corrected chi connectivity index (χ3v) is 3.94. The van der Waals surface area contributed by atoms with Crippen molar-refractivity contribution < 1.29 is 9.53 Å². The minimum atomic E-state index is 0.0568. The number of ether oxygens (including phenoxy) is 1. The van der Waals surface area contributed by atoms with Crippen molar-refractivity contribution in [3.8, 4) is 5.75 Å². The average Bonchev–Trinajstić information content (AvgIpc) is 2.25. The summed E-state index contributed by atoms with van der Waals surface area (Å²) in [5.41, 5.74) is 0.648. The first-order valence-corrected chi connectivity index (χ1v) is 6.90. The normalized spacial score (nSPS) is 15.7. The first-order valence-electron chi connectivity index (χ1n) is 5.82. The third kappa shape index (κ3) is 2.61. The predicted octanol–water partition coefficient (Wildman–Crippen LogP) is 1.69. The molecule has 0 N–H and O–H groups in total. The fourth-order valence-electron chi connectivity index (χ4n) is 1.96. The summed E-state index contributed by atoms with van der Waals surface area (Å²) in [6, 6.07) is 6.13. The zero-order valence-electron chi connectivity index (χ0n) is 10.8. The molecule has 2 rings (SSSR count). The van der Waals surface area contributed by atoms with Gasteiger partial charge in [0.1, 0.15) is 5.75 Å². The van der Waals surface area contributed by atoms with Gasteiger partial charge in [-0.25, -0.2) is 0 Å². The van der Waals surface area contributed by atoms with Gasteiger partial charge in [-0.05, 0) is 54.9 Å². The van der Waals surface area contributed by atoms with Crippen LogP contribution < -0.4 is 4.74 Å². The number of carbonyl (C=O) groups is 1. The Kier molecular flexibility index (Phi) is 4.11. The Morgan fingerprint density at radius 2 is 2.11 bits per heavy atom. The number of carbonyl (C=O) groups excluding carboxylic acids is 1. The number of likely N-dealkylation sites (N-methyl/N-ethyl adjacent to an activating group) is 1. The second kappa shape index (κ2) is 5.44. The highest BCUT2D eigenvalue weighted by Gasteiger charge is 2.33. The maximum absolute atomic E-state index is 12.3. The molecule has 0 spiro atoms. The summed E-state index contributed by atoms with van der Waals surface area (Å²) >= 11 is 2.21. The van der Waals surface area contributed by atoms with E-state index in [0.29, 0.717) is 17.4 Å². The van der Waals surface area contributed by atoms with Gasteiger partial charge in [0.05, 0.1) is 12.7 Å². The van der Waals surface area contributed by atoms with E-state index in [9.17, 15) is 4.79 Å². The van der Waals surface area contributed by atoms with Gasteiger partial charge >= 0.3 is 0 Å². The summed E-state index contributed by atoms with van der Waals surface area (Å²) in [5, 5.41) is 0. The smallest absolute Gasteiger partial charge is 0.257 e. The quantitative estimate of drug-likeness (QED) is 0.770. The van der Waals surface area contributed by atoms with Crippen LogP contribution in [0.1, 0.15) is 10.4 Å². The first-order chi connectivity index (χ1) is 8.52. The molecule has 1 aliphatic rings. The number of rotatable bonds is 3. The zero-order chi connectivity index (χ0) is 13.3. The molecule has 1 fully saturated rings. The molecule has 0 aromatic heterocycles. The molecule has 1 amide bonds. The van der Waals surface area contributed by atoms with Crippen LogP contribution in [0.25, 0.3) is 0 Å². The third-order valence-electron chi connectivity index (χ3n) is 3.27. The summed E-state index contributed by atoms with van der Waals surface area (Å²) in [6.07, 6.45) is 0. The summed E-state index contributed by atoms with van der Waals surface area (Å²) in [4.78, 5) is 16.3. The van der Waals surface area contributed by atoms with Crippen LogP contribution in [0.4, 0.5) is 0 Å². The Morgan fingerprint density at radius 1 is 1.44 bits per heavy atom. The Morgan fingerprint density at radius 3 is 2.67 bits per heavy atom. The maximum Gasteiger partial charge on any atom is 0.257 e. The number of nitrogens with zero attached hydrogens (tertiary/aromatic N) is 2. The van der Waals surface area contributed by atoms with E-state index >= 15 is 0 Å². The predicted molar refractivity (Wildman–Crippen MR) is 79.1 cm³/mol. The molecule has 1 aromatic rings.